The van der Waals surface area contributed by atoms with Gasteiger partial charge in [-0.1, -0.05) is 59.6 Å². The maximum absolute atomic E-state index is 13.7. The molecule has 0 aliphatic heterocycles. The van der Waals surface area contributed by atoms with Crippen molar-refractivity contribution in [1.29, 1.82) is 0 Å². The second kappa shape index (κ2) is 13.6. The van der Waals surface area contributed by atoms with Crippen LogP contribution in [0.5, 0.6) is 5.75 Å². The number of amides is 2. The van der Waals surface area contributed by atoms with Crippen molar-refractivity contribution in [2.24, 2.45) is 0 Å². The van der Waals surface area contributed by atoms with E-state index >= 15 is 0 Å². The van der Waals surface area contributed by atoms with Crippen LogP contribution in [-0.4, -0.2) is 49.5 Å². The molecule has 0 saturated carbocycles. The predicted octanol–water partition coefficient (Wildman–Crippen LogP) is 5.67. The number of halogens is 2. The van der Waals surface area contributed by atoms with Gasteiger partial charge in [0.1, 0.15) is 24.9 Å². The number of carbonyl (C=O) groups is 2. The van der Waals surface area contributed by atoms with E-state index < -0.39 is 34.1 Å². The zero-order valence-corrected chi connectivity index (χ0v) is 26.1. The van der Waals surface area contributed by atoms with E-state index in [2.05, 4.69) is 5.32 Å². The third-order valence-corrected chi connectivity index (χ3v) is 7.80. The molecule has 0 heterocycles. The summed E-state index contributed by atoms with van der Waals surface area (Å²) in [6.07, 6.45) is 1.02. The van der Waals surface area contributed by atoms with Crippen molar-refractivity contribution < 1.29 is 22.7 Å². The Morgan fingerprint density at radius 2 is 1.61 bits per heavy atom. The zero-order chi connectivity index (χ0) is 30.4. The Bertz CT molecular complexity index is 1460. The van der Waals surface area contributed by atoms with Crippen LogP contribution in [0.25, 0.3) is 0 Å². The number of anilines is 1. The maximum Gasteiger partial charge on any atom is 0.244 e. The molecule has 8 nitrogen and oxygen atoms in total. The summed E-state index contributed by atoms with van der Waals surface area (Å²) in [6.45, 7) is 6.88. The minimum Gasteiger partial charge on any atom is -0.489 e. The highest BCUT2D eigenvalue weighted by molar-refractivity contribution is 7.92. The predicted molar refractivity (Wildman–Crippen MR) is 164 cm³/mol. The summed E-state index contributed by atoms with van der Waals surface area (Å²) in [5.74, 6) is -0.423. The minimum absolute atomic E-state index is 0.0303. The third-order valence-electron chi connectivity index (χ3n) is 6.07. The molecule has 3 aromatic rings. The number of carbonyl (C=O) groups excluding carboxylic acids is 2. The van der Waals surface area contributed by atoms with Gasteiger partial charge in [-0.15, -0.1) is 0 Å². The molecule has 3 aromatic carbocycles. The SMILES string of the molecule is C[C@H](C(=O)NC(C)(C)C)N(Cc1ccc(Cl)cc1Cl)C(=O)CN(c1ccc(OCc2ccccc2)cc1)S(C)(=O)=O. The van der Waals surface area contributed by atoms with E-state index in [1.165, 1.54) is 4.90 Å². The van der Waals surface area contributed by atoms with E-state index in [-0.39, 0.29) is 18.1 Å². The summed E-state index contributed by atoms with van der Waals surface area (Å²) in [4.78, 5) is 28.1. The lowest BCUT2D eigenvalue weighted by Crippen LogP contribution is -2.54. The summed E-state index contributed by atoms with van der Waals surface area (Å²) in [5, 5.41) is 3.63. The third kappa shape index (κ3) is 9.66. The fourth-order valence-corrected chi connectivity index (χ4v) is 5.27. The Hall–Kier alpha value is -3.27. The number of benzene rings is 3. The van der Waals surface area contributed by atoms with Crippen LogP contribution in [0.1, 0.15) is 38.8 Å². The average Bonchev–Trinajstić information content (AvgIpc) is 2.89. The quantitative estimate of drug-likeness (QED) is 0.298. The molecular weight excluding hydrogens is 585 g/mol. The van der Waals surface area contributed by atoms with Gasteiger partial charge in [0.15, 0.2) is 0 Å². The first-order valence-corrected chi connectivity index (χ1v) is 15.5. The number of hydrogen-bond acceptors (Lipinski definition) is 5. The van der Waals surface area contributed by atoms with Crippen molar-refractivity contribution in [3.05, 3.63) is 94.0 Å². The number of rotatable bonds is 11. The fourth-order valence-electron chi connectivity index (χ4n) is 3.95. The van der Waals surface area contributed by atoms with Crippen LogP contribution < -0.4 is 14.4 Å². The second-order valence-electron chi connectivity index (χ2n) is 10.7. The van der Waals surface area contributed by atoms with E-state index in [1.54, 1.807) is 49.4 Å². The smallest absolute Gasteiger partial charge is 0.244 e. The first kappa shape index (κ1) is 32.2. The average molecular weight is 621 g/mol. The summed E-state index contributed by atoms with van der Waals surface area (Å²) >= 11 is 12.4. The van der Waals surface area contributed by atoms with E-state index in [4.69, 9.17) is 27.9 Å². The minimum atomic E-state index is -3.88. The first-order valence-electron chi connectivity index (χ1n) is 12.9. The van der Waals surface area contributed by atoms with Crippen LogP contribution in [0, 0.1) is 0 Å². The molecule has 220 valence electrons. The molecule has 1 atom stereocenters. The summed E-state index contributed by atoms with van der Waals surface area (Å²) in [5.41, 5.74) is 1.29. The van der Waals surface area contributed by atoms with E-state index in [0.29, 0.717) is 28.0 Å². The number of nitrogens with zero attached hydrogens (tertiary/aromatic N) is 2. The molecule has 0 aliphatic rings. The highest BCUT2D eigenvalue weighted by Crippen LogP contribution is 2.25. The lowest BCUT2D eigenvalue weighted by atomic mass is 10.1. The number of ether oxygens (including phenoxy) is 1. The zero-order valence-electron chi connectivity index (χ0n) is 23.7. The van der Waals surface area contributed by atoms with Gasteiger partial charge in [0.2, 0.25) is 21.8 Å². The van der Waals surface area contributed by atoms with Crippen molar-refractivity contribution in [1.82, 2.24) is 10.2 Å². The van der Waals surface area contributed by atoms with Gasteiger partial charge >= 0.3 is 0 Å². The molecule has 0 aliphatic carbocycles. The summed E-state index contributed by atoms with van der Waals surface area (Å²) < 4.78 is 32.5. The van der Waals surface area contributed by atoms with Gasteiger partial charge in [0.25, 0.3) is 0 Å². The molecule has 41 heavy (non-hydrogen) atoms. The fraction of sp³-hybridized carbons (Fsp3) is 0.333. The monoisotopic (exact) mass is 619 g/mol. The van der Waals surface area contributed by atoms with Crippen LogP contribution in [0.15, 0.2) is 72.8 Å². The molecule has 3 rings (SSSR count). The Kier molecular flexibility index (Phi) is 10.7. The van der Waals surface area contributed by atoms with Crippen molar-refractivity contribution in [2.75, 3.05) is 17.1 Å². The molecule has 11 heteroatoms. The van der Waals surface area contributed by atoms with Gasteiger partial charge in [-0.3, -0.25) is 13.9 Å². The molecule has 2 amide bonds. The number of nitrogens with one attached hydrogen (secondary N) is 1. The van der Waals surface area contributed by atoms with Gasteiger partial charge in [-0.2, -0.15) is 0 Å². The lowest BCUT2D eigenvalue weighted by molar-refractivity contribution is -0.140. The lowest BCUT2D eigenvalue weighted by Gasteiger charge is -2.33. The van der Waals surface area contributed by atoms with Gasteiger partial charge in [-0.05, 0) is 75.2 Å². The molecule has 0 unspecified atom stereocenters. The topological polar surface area (TPSA) is 96.0 Å². The molecule has 0 spiro atoms. The molecule has 0 radical (unpaired) electrons. The van der Waals surface area contributed by atoms with Gasteiger partial charge < -0.3 is 15.0 Å². The normalized spacial score (nSPS) is 12.4. The highest BCUT2D eigenvalue weighted by atomic mass is 35.5. The van der Waals surface area contributed by atoms with Crippen LogP contribution in [0.3, 0.4) is 0 Å². The van der Waals surface area contributed by atoms with E-state index in [0.717, 1.165) is 16.1 Å². The molecular formula is C30H35Cl2N3O5S. The summed E-state index contributed by atoms with van der Waals surface area (Å²) in [6, 6.07) is 20.0. The Morgan fingerprint density at radius 1 is 0.976 bits per heavy atom. The van der Waals surface area contributed by atoms with Crippen LogP contribution in [0.2, 0.25) is 10.0 Å². The Labute approximate surface area is 252 Å². The van der Waals surface area contributed by atoms with Crippen LogP contribution in [0.4, 0.5) is 5.69 Å². The van der Waals surface area contributed by atoms with Crippen molar-refractivity contribution in [3.8, 4) is 5.75 Å². The van der Waals surface area contributed by atoms with Gasteiger partial charge in [0, 0.05) is 22.1 Å². The highest BCUT2D eigenvalue weighted by Gasteiger charge is 2.31. The maximum atomic E-state index is 13.7. The molecule has 0 saturated heterocycles. The van der Waals surface area contributed by atoms with Crippen molar-refractivity contribution >= 4 is 50.7 Å². The Morgan fingerprint density at radius 3 is 2.17 bits per heavy atom. The van der Waals surface area contributed by atoms with Gasteiger partial charge in [0.05, 0.1) is 11.9 Å². The van der Waals surface area contributed by atoms with E-state index in [1.807, 2.05) is 51.1 Å². The Balaban J connectivity index is 1.86. The van der Waals surface area contributed by atoms with Crippen LogP contribution in [-0.2, 0) is 32.8 Å². The summed E-state index contributed by atoms with van der Waals surface area (Å²) in [7, 11) is -3.88. The largest absolute Gasteiger partial charge is 0.489 e. The molecule has 0 aromatic heterocycles. The molecule has 1 N–H and O–H groups in total. The first-order chi connectivity index (χ1) is 19.1. The number of sulfonamides is 1. The second-order valence-corrected chi connectivity index (χ2v) is 13.5. The van der Waals surface area contributed by atoms with Crippen LogP contribution >= 0.6 is 23.2 Å². The van der Waals surface area contributed by atoms with E-state index in [9.17, 15) is 18.0 Å². The number of hydrogen-bond donors (Lipinski definition) is 1. The molecule has 0 bridgehead atoms. The van der Waals surface area contributed by atoms with Gasteiger partial charge in [-0.25, -0.2) is 8.42 Å². The van der Waals surface area contributed by atoms with Crippen molar-refractivity contribution in [3.63, 3.8) is 0 Å². The van der Waals surface area contributed by atoms with Crippen molar-refractivity contribution in [2.45, 2.75) is 52.4 Å². The standard InChI is InChI=1S/C30H35Cl2N3O5S/c1-21(29(37)33-30(2,3)4)34(18-23-11-12-24(31)17-27(23)32)28(36)19-35(41(5,38)39)25-13-15-26(16-14-25)40-20-22-9-7-6-8-10-22/h6-17,21H,18-20H2,1-5H3,(H,33,37)/t21-/m1/s1. The molecule has 0 fully saturated rings.